The summed E-state index contributed by atoms with van der Waals surface area (Å²) in [6.07, 6.45) is -0.499. The van der Waals surface area contributed by atoms with Crippen LogP contribution in [0.4, 0.5) is 0 Å². The van der Waals surface area contributed by atoms with Crippen molar-refractivity contribution in [2.45, 2.75) is 25.6 Å². The van der Waals surface area contributed by atoms with Crippen molar-refractivity contribution in [3.05, 3.63) is 35.5 Å². The largest absolute Gasteiger partial charge is 0.466 e. The number of carbonyl (C=O) groups excluding carboxylic acids is 2. The molecule has 1 aromatic heterocycles. The molecule has 0 saturated heterocycles. The SMILES string of the molecule is CCOC(=O)CC(O)C(O)c1ccc2[nH]cc(C=O)c2c1. The fourth-order valence-corrected chi connectivity index (χ4v) is 2.17. The quantitative estimate of drug-likeness (QED) is 0.550. The van der Waals surface area contributed by atoms with Gasteiger partial charge in [0.25, 0.3) is 0 Å². The topological polar surface area (TPSA) is 99.6 Å². The van der Waals surface area contributed by atoms with E-state index in [9.17, 15) is 19.8 Å². The lowest BCUT2D eigenvalue weighted by molar-refractivity contribution is -0.147. The van der Waals surface area contributed by atoms with Gasteiger partial charge >= 0.3 is 5.97 Å². The average Bonchev–Trinajstić information content (AvgIpc) is 2.88. The van der Waals surface area contributed by atoms with E-state index >= 15 is 0 Å². The van der Waals surface area contributed by atoms with Crippen LogP contribution in [0.2, 0.25) is 0 Å². The van der Waals surface area contributed by atoms with Crippen LogP contribution in [0.15, 0.2) is 24.4 Å². The van der Waals surface area contributed by atoms with Crippen molar-refractivity contribution in [3.63, 3.8) is 0 Å². The Morgan fingerprint density at radius 1 is 1.43 bits per heavy atom. The van der Waals surface area contributed by atoms with Gasteiger partial charge in [0.1, 0.15) is 6.10 Å². The van der Waals surface area contributed by atoms with Gasteiger partial charge in [-0.3, -0.25) is 9.59 Å². The number of aldehydes is 1. The predicted molar refractivity (Wildman–Crippen MR) is 75.9 cm³/mol. The van der Waals surface area contributed by atoms with Crippen LogP contribution < -0.4 is 0 Å². The molecule has 2 atom stereocenters. The van der Waals surface area contributed by atoms with Crippen molar-refractivity contribution >= 4 is 23.2 Å². The van der Waals surface area contributed by atoms with Crippen molar-refractivity contribution in [2.75, 3.05) is 6.61 Å². The summed E-state index contributed by atoms with van der Waals surface area (Å²) < 4.78 is 4.73. The van der Waals surface area contributed by atoms with Crippen LogP contribution >= 0.6 is 0 Å². The van der Waals surface area contributed by atoms with Gasteiger partial charge in [0.05, 0.1) is 19.1 Å². The van der Waals surface area contributed by atoms with E-state index in [1.165, 1.54) is 0 Å². The molecule has 0 bridgehead atoms. The molecule has 0 aliphatic heterocycles. The first kappa shape index (κ1) is 15.2. The third-order valence-electron chi connectivity index (χ3n) is 3.25. The summed E-state index contributed by atoms with van der Waals surface area (Å²) in [4.78, 5) is 25.2. The van der Waals surface area contributed by atoms with Gasteiger partial charge in [-0.2, -0.15) is 0 Å². The van der Waals surface area contributed by atoms with E-state index in [1.807, 2.05) is 0 Å². The van der Waals surface area contributed by atoms with E-state index in [2.05, 4.69) is 4.98 Å². The van der Waals surface area contributed by atoms with Gasteiger partial charge in [0.2, 0.25) is 0 Å². The molecule has 2 rings (SSSR count). The molecule has 6 heteroatoms. The number of fused-ring (bicyclic) bond motifs is 1. The van der Waals surface area contributed by atoms with Crippen LogP contribution in [0.25, 0.3) is 10.9 Å². The monoisotopic (exact) mass is 291 g/mol. The Labute approximate surface area is 121 Å². The zero-order chi connectivity index (χ0) is 15.4. The molecule has 0 saturated carbocycles. The molecular formula is C15H17NO5. The third-order valence-corrected chi connectivity index (χ3v) is 3.25. The second kappa shape index (κ2) is 6.51. The van der Waals surface area contributed by atoms with Gasteiger partial charge in [-0.15, -0.1) is 0 Å². The molecule has 21 heavy (non-hydrogen) atoms. The second-order valence-corrected chi connectivity index (χ2v) is 4.69. The minimum atomic E-state index is -1.26. The zero-order valence-corrected chi connectivity index (χ0v) is 11.6. The number of aliphatic hydroxyl groups is 2. The lowest BCUT2D eigenvalue weighted by Gasteiger charge is -2.17. The summed E-state index contributed by atoms with van der Waals surface area (Å²) in [7, 11) is 0. The number of aromatic amines is 1. The maximum Gasteiger partial charge on any atom is 0.308 e. The highest BCUT2D eigenvalue weighted by atomic mass is 16.5. The summed E-state index contributed by atoms with van der Waals surface area (Å²) in [5, 5.41) is 20.7. The minimum absolute atomic E-state index is 0.222. The average molecular weight is 291 g/mol. The molecule has 0 fully saturated rings. The standard InChI is InChI=1S/C15H17NO5/c1-2-21-14(19)6-13(18)15(20)9-3-4-12-11(5-9)10(8-17)7-16-12/h3-5,7-8,13,15-16,18,20H,2,6H2,1H3. The van der Waals surface area contributed by atoms with Crippen molar-refractivity contribution in [2.24, 2.45) is 0 Å². The van der Waals surface area contributed by atoms with E-state index in [0.29, 0.717) is 22.8 Å². The summed E-state index contributed by atoms with van der Waals surface area (Å²) in [6.45, 7) is 1.89. The number of aliphatic hydroxyl groups excluding tert-OH is 2. The molecule has 1 heterocycles. The maximum atomic E-state index is 11.3. The molecule has 112 valence electrons. The number of hydrogen-bond acceptors (Lipinski definition) is 5. The van der Waals surface area contributed by atoms with Crippen molar-refractivity contribution in [1.82, 2.24) is 4.98 Å². The predicted octanol–water partition coefficient (Wildman–Crippen LogP) is 1.33. The Hall–Kier alpha value is -2.18. The van der Waals surface area contributed by atoms with Gasteiger partial charge in [0.15, 0.2) is 6.29 Å². The van der Waals surface area contributed by atoms with E-state index < -0.39 is 18.2 Å². The molecule has 6 nitrogen and oxygen atoms in total. The fourth-order valence-electron chi connectivity index (χ4n) is 2.17. The van der Waals surface area contributed by atoms with Crippen LogP contribution in [-0.2, 0) is 9.53 Å². The molecule has 1 aromatic carbocycles. The molecule has 0 radical (unpaired) electrons. The molecular weight excluding hydrogens is 274 g/mol. The van der Waals surface area contributed by atoms with Gasteiger partial charge in [-0.25, -0.2) is 0 Å². The van der Waals surface area contributed by atoms with Crippen LogP contribution in [0, 0.1) is 0 Å². The van der Waals surface area contributed by atoms with Crippen molar-refractivity contribution < 1.29 is 24.5 Å². The summed E-state index contributed by atoms with van der Waals surface area (Å²) in [5.74, 6) is -0.569. The van der Waals surface area contributed by atoms with Crippen LogP contribution in [0.3, 0.4) is 0 Å². The highest BCUT2D eigenvalue weighted by Gasteiger charge is 2.22. The van der Waals surface area contributed by atoms with Gasteiger partial charge in [-0.05, 0) is 24.6 Å². The number of ether oxygens (including phenoxy) is 1. The molecule has 0 aliphatic rings. The van der Waals surface area contributed by atoms with Gasteiger partial charge in [-0.1, -0.05) is 6.07 Å². The lowest BCUT2D eigenvalue weighted by Crippen LogP contribution is -2.23. The first-order chi connectivity index (χ1) is 10.1. The van der Waals surface area contributed by atoms with E-state index in [-0.39, 0.29) is 13.0 Å². The number of rotatable bonds is 6. The molecule has 2 unspecified atom stereocenters. The van der Waals surface area contributed by atoms with Crippen LogP contribution in [0.1, 0.15) is 35.4 Å². The summed E-state index contributed by atoms with van der Waals surface area (Å²) in [6, 6.07) is 4.96. The van der Waals surface area contributed by atoms with Crippen LogP contribution in [-0.4, -0.2) is 40.2 Å². The van der Waals surface area contributed by atoms with Gasteiger partial charge < -0.3 is 19.9 Å². The minimum Gasteiger partial charge on any atom is -0.466 e. The molecule has 0 aliphatic carbocycles. The third kappa shape index (κ3) is 3.29. The normalized spacial score (nSPS) is 13.9. The van der Waals surface area contributed by atoms with E-state index in [4.69, 9.17) is 4.74 Å². The Morgan fingerprint density at radius 2 is 2.19 bits per heavy atom. The molecule has 0 amide bonds. The second-order valence-electron chi connectivity index (χ2n) is 4.69. The molecule has 2 aromatic rings. The first-order valence-electron chi connectivity index (χ1n) is 6.64. The van der Waals surface area contributed by atoms with Crippen molar-refractivity contribution in [1.29, 1.82) is 0 Å². The number of H-pyrrole nitrogens is 1. The Balaban J connectivity index is 2.20. The number of aromatic nitrogens is 1. The number of carbonyl (C=O) groups is 2. The molecule has 0 spiro atoms. The Bertz CT molecular complexity index is 649. The Morgan fingerprint density at radius 3 is 2.86 bits per heavy atom. The molecule has 3 N–H and O–H groups in total. The van der Waals surface area contributed by atoms with Gasteiger partial charge in [0, 0.05) is 22.7 Å². The zero-order valence-electron chi connectivity index (χ0n) is 11.6. The first-order valence-corrected chi connectivity index (χ1v) is 6.64. The number of benzene rings is 1. The van der Waals surface area contributed by atoms with Crippen molar-refractivity contribution in [3.8, 4) is 0 Å². The highest BCUT2D eigenvalue weighted by Crippen LogP contribution is 2.25. The maximum absolute atomic E-state index is 11.3. The van der Waals surface area contributed by atoms with Crippen LogP contribution in [0.5, 0.6) is 0 Å². The summed E-state index contributed by atoms with van der Waals surface area (Å²) in [5.41, 5.74) is 1.66. The highest BCUT2D eigenvalue weighted by molar-refractivity contribution is 5.97. The Kier molecular flexibility index (Phi) is 4.72. The lowest BCUT2D eigenvalue weighted by atomic mass is 10.00. The number of esters is 1. The number of hydrogen-bond donors (Lipinski definition) is 3. The van der Waals surface area contributed by atoms with E-state index in [0.717, 1.165) is 5.52 Å². The number of nitrogens with one attached hydrogen (secondary N) is 1. The smallest absolute Gasteiger partial charge is 0.308 e. The van der Waals surface area contributed by atoms with E-state index in [1.54, 1.807) is 31.3 Å². The fraction of sp³-hybridized carbons (Fsp3) is 0.333. The summed E-state index contributed by atoms with van der Waals surface area (Å²) >= 11 is 0.